The van der Waals surface area contributed by atoms with Gasteiger partial charge in [0.25, 0.3) is 0 Å². The zero-order chi connectivity index (χ0) is 22.2. The molecule has 0 unspecified atom stereocenters. The number of aryl methyl sites for hydroxylation is 1. The average molecular weight is 452 g/mol. The molecule has 4 rings (SSSR count). The Bertz CT molecular complexity index is 1160. The largest absolute Gasteiger partial charge is 0.443 e. The lowest BCUT2D eigenvalue weighted by Crippen LogP contribution is -2.28. The molecule has 0 bridgehead atoms. The lowest BCUT2D eigenvalue weighted by Gasteiger charge is -2.14. The van der Waals surface area contributed by atoms with E-state index in [4.69, 9.17) is 9.15 Å². The highest BCUT2D eigenvalue weighted by atomic mass is 32.2. The summed E-state index contributed by atoms with van der Waals surface area (Å²) >= 11 is 0. The Kier molecular flexibility index (Phi) is 5.92. The maximum absolute atomic E-state index is 11.9. The number of rotatable bonds is 8. The Labute approximate surface area is 179 Å². The van der Waals surface area contributed by atoms with Gasteiger partial charge < -0.3 is 19.6 Å². The molecule has 3 aromatic rings. The number of aromatic nitrogens is 5. The molecular formula is C18H25N7O5S. The van der Waals surface area contributed by atoms with E-state index in [9.17, 15) is 13.5 Å². The molecule has 2 N–H and O–H groups in total. The third-order valence-corrected chi connectivity index (χ3v) is 6.97. The van der Waals surface area contributed by atoms with E-state index in [0.717, 1.165) is 5.76 Å². The van der Waals surface area contributed by atoms with E-state index in [1.165, 1.54) is 24.7 Å². The quantitative estimate of drug-likeness (QED) is 0.501. The highest BCUT2D eigenvalue weighted by molar-refractivity contribution is 7.89. The molecule has 168 valence electrons. The summed E-state index contributed by atoms with van der Waals surface area (Å²) in [6, 6.07) is 0. The van der Waals surface area contributed by atoms with E-state index in [0.29, 0.717) is 35.7 Å². The number of aliphatic hydroxyl groups excluding tert-OH is 1. The lowest BCUT2D eigenvalue weighted by molar-refractivity contribution is -0.0322. The summed E-state index contributed by atoms with van der Waals surface area (Å²) in [6.07, 6.45) is 3.59. The van der Waals surface area contributed by atoms with Crippen LogP contribution in [0.1, 0.15) is 37.3 Å². The normalized spacial score (nSPS) is 21.9. The first-order chi connectivity index (χ1) is 14.8. The molecular weight excluding hydrogens is 426 g/mol. The Balaban J connectivity index is 1.51. The van der Waals surface area contributed by atoms with E-state index >= 15 is 0 Å². The molecule has 0 radical (unpaired) electrons. The van der Waals surface area contributed by atoms with Crippen molar-refractivity contribution in [2.24, 2.45) is 0 Å². The summed E-state index contributed by atoms with van der Waals surface area (Å²) in [6.45, 7) is 2.13. The number of hydrogen-bond acceptors (Lipinski definition) is 10. The van der Waals surface area contributed by atoms with Crippen molar-refractivity contribution in [3.63, 3.8) is 0 Å². The van der Waals surface area contributed by atoms with Crippen LogP contribution < -0.4 is 5.32 Å². The van der Waals surface area contributed by atoms with E-state index < -0.39 is 28.5 Å². The molecule has 3 aromatic heterocycles. The van der Waals surface area contributed by atoms with Gasteiger partial charge >= 0.3 is 0 Å². The van der Waals surface area contributed by atoms with Crippen LogP contribution in [0, 0.1) is 0 Å². The minimum Gasteiger partial charge on any atom is -0.443 e. The van der Waals surface area contributed by atoms with E-state index in [1.54, 1.807) is 17.1 Å². The van der Waals surface area contributed by atoms with Crippen molar-refractivity contribution in [3.05, 3.63) is 30.5 Å². The fourth-order valence-corrected chi connectivity index (χ4v) is 4.06. The van der Waals surface area contributed by atoms with Crippen LogP contribution in [0.2, 0.25) is 0 Å². The molecule has 0 spiro atoms. The predicted molar refractivity (Wildman–Crippen MR) is 111 cm³/mol. The first-order valence-electron chi connectivity index (χ1n) is 9.90. The maximum Gasteiger partial charge on any atom is 0.226 e. The average Bonchev–Trinajstić information content (AvgIpc) is 3.45. The highest BCUT2D eigenvalue weighted by Crippen LogP contribution is 2.39. The zero-order valence-corrected chi connectivity index (χ0v) is 18.3. The molecule has 0 aromatic carbocycles. The van der Waals surface area contributed by atoms with E-state index in [2.05, 4.69) is 25.3 Å². The first-order valence-corrected chi connectivity index (χ1v) is 11.5. The second-order valence-corrected chi connectivity index (χ2v) is 9.71. The molecule has 3 atom stereocenters. The number of sulfonamides is 1. The fraction of sp³-hybridized carbons (Fsp3) is 0.556. The van der Waals surface area contributed by atoms with Crippen LogP contribution >= 0.6 is 0 Å². The van der Waals surface area contributed by atoms with Crippen molar-refractivity contribution in [2.75, 3.05) is 31.7 Å². The van der Waals surface area contributed by atoms with Gasteiger partial charge in [0, 0.05) is 33.5 Å². The second kappa shape index (κ2) is 8.49. The summed E-state index contributed by atoms with van der Waals surface area (Å²) in [5.41, 5.74) is 0.989. The van der Waals surface area contributed by atoms with Crippen molar-refractivity contribution in [3.8, 4) is 0 Å². The molecule has 31 heavy (non-hydrogen) atoms. The zero-order valence-electron chi connectivity index (χ0n) is 17.5. The molecule has 0 aliphatic carbocycles. The van der Waals surface area contributed by atoms with Crippen molar-refractivity contribution >= 4 is 27.0 Å². The molecule has 1 fully saturated rings. The van der Waals surface area contributed by atoms with Gasteiger partial charge in [-0.1, -0.05) is 6.92 Å². The van der Waals surface area contributed by atoms with Crippen LogP contribution in [0.3, 0.4) is 0 Å². The van der Waals surface area contributed by atoms with Gasteiger partial charge in [0.15, 0.2) is 23.1 Å². The van der Waals surface area contributed by atoms with E-state index in [1.807, 2.05) is 6.92 Å². The van der Waals surface area contributed by atoms with Crippen LogP contribution in [0.25, 0.3) is 11.2 Å². The second-order valence-electron chi connectivity index (χ2n) is 7.40. The van der Waals surface area contributed by atoms with Crippen LogP contribution in [0.4, 0.5) is 5.82 Å². The molecule has 1 aliphatic rings. The lowest BCUT2D eigenvalue weighted by atomic mass is 10.2. The SMILES string of the molecule is CCc1cnc([C@H]2O[C@@H](n3cnc4c(NCCS(=O)(=O)N(C)C)ncnc43)C[C@@H]2O)o1. The van der Waals surface area contributed by atoms with Crippen LogP contribution in [0.5, 0.6) is 0 Å². The summed E-state index contributed by atoms with van der Waals surface area (Å²) < 4.78 is 38.4. The smallest absolute Gasteiger partial charge is 0.226 e. The number of hydrogen-bond donors (Lipinski definition) is 2. The summed E-state index contributed by atoms with van der Waals surface area (Å²) in [5.74, 6) is 1.41. The van der Waals surface area contributed by atoms with Crippen molar-refractivity contribution < 1.29 is 22.7 Å². The molecule has 1 aliphatic heterocycles. The van der Waals surface area contributed by atoms with Gasteiger partial charge in [-0.25, -0.2) is 32.7 Å². The minimum absolute atomic E-state index is 0.0816. The van der Waals surface area contributed by atoms with Crippen LogP contribution in [-0.4, -0.2) is 74.8 Å². The van der Waals surface area contributed by atoms with Crippen molar-refractivity contribution in [2.45, 2.75) is 38.2 Å². The number of nitrogens with one attached hydrogen (secondary N) is 1. The summed E-state index contributed by atoms with van der Waals surface area (Å²) in [7, 11) is -0.348. The third kappa shape index (κ3) is 4.26. The molecule has 1 saturated heterocycles. The standard InChI is InChI=1S/C18H25N7O5S/c1-4-11-8-20-18(29-11)15-12(26)7-13(30-15)25-10-23-14-16(21-9-22-17(14)25)19-5-6-31(27,28)24(2)3/h8-10,12-13,15,26H,4-7H2,1-3H3,(H,19,21,22)/t12-,13+,15-/m0/s1. The van der Waals surface area contributed by atoms with Gasteiger partial charge in [0.05, 0.1) is 24.4 Å². The van der Waals surface area contributed by atoms with E-state index in [-0.39, 0.29) is 12.3 Å². The van der Waals surface area contributed by atoms with Crippen molar-refractivity contribution in [1.29, 1.82) is 0 Å². The number of aliphatic hydroxyl groups is 1. The summed E-state index contributed by atoms with van der Waals surface area (Å²) in [4.78, 5) is 17.1. The minimum atomic E-state index is -3.33. The molecule has 4 heterocycles. The molecule has 12 nitrogen and oxygen atoms in total. The maximum atomic E-state index is 11.9. The number of nitrogens with zero attached hydrogens (tertiary/aromatic N) is 6. The number of fused-ring (bicyclic) bond motifs is 1. The Morgan fingerprint density at radius 2 is 2.10 bits per heavy atom. The molecule has 13 heteroatoms. The monoisotopic (exact) mass is 451 g/mol. The Morgan fingerprint density at radius 1 is 1.29 bits per heavy atom. The highest BCUT2D eigenvalue weighted by Gasteiger charge is 2.39. The molecule has 0 saturated carbocycles. The van der Waals surface area contributed by atoms with Gasteiger partial charge in [-0.15, -0.1) is 0 Å². The van der Waals surface area contributed by atoms with Gasteiger partial charge in [-0.3, -0.25) is 4.57 Å². The number of oxazole rings is 1. The Morgan fingerprint density at radius 3 is 2.81 bits per heavy atom. The molecule has 0 amide bonds. The van der Waals surface area contributed by atoms with Gasteiger partial charge in [0.2, 0.25) is 15.9 Å². The van der Waals surface area contributed by atoms with Crippen LogP contribution in [0.15, 0.2) is 23.3 Å². The summed E-state index contributed by atoms with van der Waals surface area (Å²) in [5, 5.41) is 13.5. The topological polar surface area (TPSA) is 148 Å². The van der Waals surface area contributed by atoms with Crippen LogP contribution in [-0.2, 0) is 21.2 Å². The Hall–Kier alpha value is -2.61. The third-order valence-electron chi connectivity index (χ3n) is 5.14. The predicted octanol–water partition coefficient (Wildman–Crippen LogP) is 0.701. The first kappa shape index (κ1) is 21.6. The number of ether oxygens (including phenoxy) is 1. The van der Waals surface area contributed by atoms with Crippen molar-refractivity contribution in [1.82, 2.24) is 28.8 Å². The van der Waals surface area contributed by atoms with Gasteiger partial charge in [0.1, 0.15) is 18.3 Å². The number of anilines is 1. The van der Waals surface area contributed by atoms with Gasteiger partial charge in [-0.05, 0) is 0 Å². The number of imidazole rings is 1. The fourth-order valence-electron chi connectivity index (χ4n) is 3.34. The van der Waals surface area contributed by atoms with Gasteiger partial charge in [-0.2, -0.15) is 0 Å².